The molecule has 0 spiro atoms. The third-order valence-electron chi connectivity index (χ3n) is 6.34. The van der Waals surface area contributed by atoms with Gasteiger partial charge in [0, 0.05) is 24.3 Å². The van der Waals surface area contributed by atoms with Gasteiger partial charge in [0.15, 0.2) is 6.10 Å². The molecule has 1 aromatic heterocycles. The molecule has 1 aliphatic heterocycles. The summed E-state index contributed by atoms with van der Waals surface area (Å²) < 4.78 is 61.3. The third kappa shape index (κ3) is 6.07. The molecule has 3 amide bonds. The minimum Gasteiger partial charge on any atom is -0.365 e. The van der Waals surface area contributed by atoms with Crippen molar-refractivity contribution in [3.8, 4) is 6.07 Å². The van der Waals surface area contributed by atoms with Gasteiger partial charge in [-0.2, -0.15) is 5.26 Å². The van der Waals surface area contributed by atoms with Crippen molar-refractivity contribution < 1.29 is 31.9 Å². The molecule has 0 aliphatic carbocycles. The van der Waals surface area contributed by atoms with Crippen LogP contribution >= 0.6 is 0 Å². The quantitative estimate of drug-likeness (QED) is 0.433. The summed E-state index contributed by atoms with van der Waals surface area (Å²) >= 11 is 0. The first-order valence-corrected chi connectivity index (χ1v) is 12.4. The molecule has 0 unspecified atom stereocenters. The highest BCUT2D eigenvalue weighted by atomic mass is 19.3. The van der Waals surface area contributed by atoms with E-state index in [1.54, 1.807) is 13.8 Å². The van der Waals surface area contributed by atoms with Gasteiger partial charge in [-0.1, -0.05) is 0 Å². The first-order valence-electron chi connectivity index (χ1n) is 12.4. The number of carbonyl (C=O) groups is 2. The van der Waals surface area contributed by atoms with Crippen molar-refractivity contribution in [1.82, 2.24) is 14.0 Å². The Labute approximate surface area is 229 Å². The number of alkyl halides is 2. The minimum absolute atomic E-state index is 0.0624. The zero-order valence-corrected chi connectivity index (χ0v) is 21.8. The summed E-state index contributed by atoms with van der Waals surface area (Å²) in [5.41, 5.74) is -2.53. The number of fused-ring (bicyclic) bond motifs is 1. The van der Waals surface area contributed by atoms with E-state index in [-0.39, 0.29) is 36.3 Å². The Kier molecular flexibility index (Phi) is 8.43. The third-order valence-corrected chi connectivity index (χ3v) is 6.34. The predicted octanol–water partition coefficient (Wildman–Crippen LogP) is 3.03. The van der Waals surface area contributed by atoms with E-state index in [9.17, 15) is 36.7 Å². The number of anilines is 2. The molecule has 2 N–H and O–H groups in total. The summed E-state index contributed by atoms with van der Waals surface area (Å²) in [7, 11) is 0. The van der Waals surface area contributed by atoms with Gasteiger partial charge in [-0.3, -0.25) is 18.7 Å². The normalized spacial score (nSPS) is 15.3. The molecule has 1 fully saturated rings. The minimum atomic E-state index is -2.94. The monoisotopic (exact) mass is 576 g/mol. The van der Waals surface area contributed by atoms with Gasteiger partial charge in [-0.05, 0) is 38.1 Å². The van der Waals surface area contributed by atoms with E-state index in [1.807, 2.05) is 0 Å². The molecule has 3 aromatic rings. The predicted molar refractivity (Wildman–Crippen MR) is 139 cm³/mol. The summed E-state index contributed by atoms with van der Waals surface area (Å²) in [5.74, 6) is -2.92. The first-order chi connectivity index (χ1) is 19.4. The van der Waals surface area contributed by atoms with Crippen LogP contribution < -0.4 is 21.9 Å². The van der Waals surface area contributed by atoms with E-state index in [2.05, 4.69) is 10.6 Å². The number of morpholine rings is 1. The van der Waals surface area contributed by atoms with Crippen LogP contribution in [-0.2, 0) is 16.1 Å². The molecule has 41 heavy (non-hydrogen) atoms. The van der Waals surface area contributed by atoms with Crippen molar-refractivity contribution in [3.63, 3.8) is 0 Å². The van der Waals surface area contributed by atoms with Crippen molar-refractivity contribution in [2.75, 3.05) is 30.3 Å². The Balaban J connectivity index is 1.53. The fourth-order valence-electron chi connectivity index (χ4n) is 4.40. The number of nitrogens with zero attached hydrogens (tertiary/aromatic N) is 4. The van der Waals surface area contributed by atoms with Crippen molar-refractivity contribution >= 4 is 34.2 Å². The Morgan fingerprint density at radius 3 is 2.51 bits per heavy atom. The maximum atomic E-state index is 14.2. The Morgan fingerprint density at radius 1 is 1.12 bits per heavy atom. The second kappa shape index (κ2) is 11.8. The lowest BCUT2D eigenvalue weighted by atomic mass is 10.2. The molecule has 0 saturated carbocycles. The molecular formula is C26H24F4N6O5. The maximum Gasteiger partial charge on any atom is 0.331 e. The smallest absolute Gasteiger partial charge is 0.331 e. The molecule has 0 bridgehead atoms. The molecule has 216 valence electrons. The van der Waals surface area contributed by atoms with Crippen molar-refractivity contribution in [2.45, 2.75) is 39.0 Å². The molecule has 15 heteroatoms. The van der Waals surface area contributed by atoms with Gasteiger partial charge in [0.1, 0.15) is 17.7 Å². The Morgan fingerprint density at radius 2 is 1.85 bits per heavy atom. The summed E-state index contributed by atoms with van der Waals surface area (Å²) in [6.45, 7) is 1.96. The number of hydrogen-bond acceptors (Lipinski definition) is 6. The van der Waals surface area contributed by atoms with E-state index >= 15 is 0 Å². The number of urea groups is 1. The van der Waals surface area contributed by atoms with Crippen LogP contribution in [0.15, 0.2) is 39.9 Å². The number of benzene rings is 2. The van der Waals surface area contributed by atoms with Crippen LogP contribution in [-0.4, -0.2) is 58.2 Å². The number of carbonyl (C=O) groups excluding carboxylic acids is 2. The maximum absolute atomic E-state index is 14.2. The number of aromatic nitrogens is 2. The van der Waals surface area contributed by atoms with Crippen molar-refractivity contribution in [3.05, 3.63) is 68.4 Å². The summed E-state index contributed by atoms with van der Waals surface area (Å²) in [6, 6.07) is 5.75. The van der Waals surface area contributed by atoms with Gasteiger partial charge in [0.05, 0.1) is 41.9 Å². The zero-order chi connectivity index (χ0) is 30.0. The highest BCUT2D eigenvalue weighted by molar-refractivity contribution is 5.96. The fraction of sp³-hybridized carbons (Fsp3) is 0.346. The van der Waals surface area contributed by atoms with Crippen LogP contribution in [0.4, 0.5) is 33.7 Å². The van der Waals surface area contributed by atoms with Crippen molar-refractivity contribution in [2.24, 2.45) is 0 Å². The van der Waals surface area contributed by atoms with E-state index in [0.717, 1.165) is 0 Å². The number of rotatable bonds is 6. The number of hydrogen-bond donors (Lipinski definition) is 2. The number of nitriles is 1. The lowest BCUT2D eigenvalue weighted by Gasteiger charge is -2.32. The van der Waals surface area contributed by atoms with Crippen molar-refractivity contribution in [1.29, 1.82) is 5.26 Å². The van der Waals surface area contributed by atoms with E-state index in [1.165, 1.54) is 33.7 Å². The van der Waals surface area contributed by atoms with Gasteiger partial charge in [-0.15, -0.1) is 0 Å². The van der Waals surface area contributed by atoms with Crippen LogP contribution in [0.2, 0.25) is 0 Å². The molecule has 1 aliphatic rings. The van der Waals surface area contributed by atoms with E-state index < -0.39 is 71.2 Å². The topological polar surface area (TPSA) is 138 Å². The van der Waals surface area contributed by atoms with E-state index in [4.69, 9.17) is 10.00 Å². The Hall–Kier alpha value is -4.71. The van der Waals surface area contributed by atoms with Gasteiger partial charge >= 0.3 is 11.7 Å². The van der Waals surface area contributed by atoms with Gasteiger partial charge < -0.3 is 20.3 Å². The molecule has 2 heterocycles. The molecule has 1 atom stereocenters. The van der Waals surface area contributed by atoms with Crippen LogP contribution in [0.25, 0.3) is 10.9 Å². The first kappa shape index (κ1) is 29.3. The number of ether oxygens (including phenoxy) is 1. The number of nitrogens with one attached hydrogen (secondary N) is 2. The van der Waals surface area contributed by atoms with Crippen LogP contribution in [0.1, 0.15) is 25.5 Å². The summed E-state index contributed by atoms with van der Waals surface area (Å²) in [6.07, 6.45) is -4.19. The van der Waals surface area contributed by atoms with Gasteiger partial charge in [-0.25, -0.2) is 27.2 Å². The number of amides is 3. The zero-order valence-electron chi connectivity index (χ0n) is 21.8. The fourth-order valence-corrected chi connectivity index (χ4v) is 4.40. The Bertz CT molecular complexity index is 1680. The lowest BCUT2D eigenvalue weighted by Crippen LogP contribution is -2.51. The average molecular weight is 577 g/mol. The largest absolute Gasteiger partial charge is 0.365 e. The molecule has 0 radical (unpaired) electrons. The summed E-state index contributed by atoms with van der Waals surface area (Å²) in [4.78, 5) is 52.5. The molecular weight excluding hydrogens is 552 g/mol. The molecule has 11 nitrogen and oxygen atoms in total. The SMILES string of the molecule is CC(C)n1c(=O)n(CC(F)F)c(=O)c2cc(NC(=O)N3CCO[C@@H](C(=O)Nc4cc(F)c(C#N)cc4F)C3)ccc21. The van der Waals surface area contributed by atoms with Crippen LogP contribution in [0.5, 0.6) is 0 Å². The molecule has 2 aromatic carbocycles. The van der Waals surface area contributed by atoms with Gasteiger partial charge in [0.2, 0.25) is 0 Å². The average Bonchev–Trinajstić information content (AvgIpc) is 2.93. The molecule has 4 rings (SSSR count). The highest BCUT2D eigenvalue weighted by Gasteiger charge is 2.30. The number of halogens is 4. The van der Waals surface area contributed by atoms with Gasteiger partial charge in [0.25, 0.3) is 17.9 Å². The molecule has 1 saturated heterocycles. The highest BCUT2D eigenvalue weighted by Crippen LogP contribution is 2.21. The standard InChI is InChI=1S/C26H24F4N6O5/c1-13(2)36-20-4-3-15(8-16(20)24(38)35(26(36)40)12-22(29)30)32-25(39)34-5-6-41-21(11-34)23(37)33-19-9-17(27)14(10-31)7-18(19)28/h3-4,7-9,13,21-22H,5-6,11-12H2,1-2H3,(H,32,39)(H,33,37)/t21-/m1/s1. The second-order valence-electron chi connectivity index (χ2n) is 9.43. The van der Waals surface area contributed by atoms with E-state index in [0.29, 0.717) is 16.7 Å². The van der Waals surface area contributed by atoms with Crippen LogP contribution in [0.3, 0.4) is 0 Å². The lowest BCUT2D eigenvalue weighted by molar-refractivity contribution is -0.131. The second-order valence-corrected chi connectivity index (χ2v) is 9.43. The van der Waals surface area contributed by atoms with Crippen LogP contribution in [0, 0.1) is 23.0 Å². The summed E-state index contributed by atoms with van der Waals surface area (Å²) in [5, 5.41) is 13.5.